The van der Waals surface area contributed by atoms with Crippen molar-refractivity contribution in [3.63, 3.8) is 0 Å². The van der Waals surface area contributed by atoms with E-state index in [0.717, 1.165) is 29.2 Å². The molecule has 0 spiro atoms. The van der Waals surface area contributed by atoms with E-state index in [4.69, 9.17) is 10.5 Å². The smallest absolute Gasteiger partial charge is 0.122 e. The molecule has 0 heterocycles. The number of nitrogen functional groups attached to an aromatic ring is 1. The average Bonchev–Trinajstić information content (AvgIpc) is 2.38. The van der Waals surface area contributed by atoms with E-state index in [0.29, 0.717) is 6.61 Å². The molecular formula is C15H18N2O. The molecule has 0 atom stereocenters. The predicted molar refractivity (Wildman–Crippen MR) is 76.0 cm³/mol. The highest BCUT2D eigenvalue weighted by Crippen LogP contribution is 2.17. The highest BCUT2D eigenvalue weighted by Gasteiger charge is 1.98. The van der Waals surface area contributed by atoms with E-state index < -0.39 is 0 Å². The van der Waals surface area contributed by atoms with Crippen LogP contribution >= 0.6 is 0 Å². The fourth-order valence-corrected chi connectivity index (χ4v) is 1.72. The van der Waals surface area contributed by atoms with Crippen LogP contribution in [0.2, 0.25) is 0 Å². The number of aryl methyl sites for hydroxylation is 1. The molecule has 0 aliphatic heterocycles. The zero-order chi connectivity index (χ0) is 12.8. The molecule has 0 aliphatic carbocycles. The van der Waals surface area contributed by atoms with Gasteiger partial charge in [-0.1, -0.05) is 30.3 Å². The first-order valence-corrected chi connectivity index (χ1v) is 6.04. The molecular weight excluding hydrogens is 224 g/mol. The molecule has 0 aliphatic rings. The van der Waals surface area contributed by atoms with Gasteiger partial charge in [-0.3, -0.25) is 0 Å². The molecule has 0 unspecified atom stereocenters. The Hall–Kier alpha value is -2.16. The molecule has 0 aromatic heterocycles. The van der Waals surface area contributed by atoms with Crippen molar-refractivity contribution < 1.29 is 4.74 Å². The lowest BCUT2D eigenvalue weighted by Gasteiger charge is -2.11. The molecule has 0 saturated heterocycles. The van der Waals surface area contributed by atoms with Crippen LogP contribution in [-0.4, -0.2) is 13.2 Å². The van der Waals surface area contributed by atoms with Gasteiger partial charge in [0, 0.05) is 6.54 Å². The predicted octanol–water partition coefficient (Wildman–Crippen LogP) is 3.07. The van der Waals surface area contributed by atoms with Crippen molar-refractivity contribution in [1.82, 2.24) is 0 Å². The lowest BCUT2D eigenvalue weighted by molar-refractivity contribution is 0.330. The zero-order valence-electron chi connectivity index (χ0n) is 10.5. The second-order valence-corrected chi connectivity index (χ2v) is 4.13. The maximum absolute atomic E-state index is 5.83. The van der Waals surface area contributed by atoms with Gasteiger partial charge in [0.25, 0.3) is 0 Å². The van der Waals surface area contributed by atoms with Gasteiger partial charge in [0.15, 0.2) is 0 Å². The first kappa shape index (κ1) is 12.3. The van der Waals surface area contributed by atoms with E-state index >= 15 is 0 Å². The Morgan fingerprint density at radius 1 is 1.06 bits per heavy atom. The van der Waals surface area contributed by atoms with E-state index in [2.05, 4.69) is 5.32 Å². The second-order valence-electron chi connectivity index (χ2n) is 4.13. The standard InChI is InChI=1S/C15H18N2O/c1-12-6-2-5-9-15(12)18-11-10-17-14-8-4-3-7-13(14)16/h2-9,17H,10-11,16H2,1H3. The molecule has 2 rings (SSSR count). The van der Waals surface area contributed by atoms with Crippen molar-refractivity contribution in [3.05, 3.63) is 54.1 Å². The van der Waals surface area contributed by atoms with Crippen LogP contribution in [0.4, 0.5) is 11.4 Å². The highest BCUT2D eigenvalue weighted by molar-refractivity contribution is 5.65. The number of para-hydroxylation sites is 3. The van der Waals surface area contributed by atoms with Crippen LogP contribution in [0.15, 0.2) is 48.5 Å². The number of rotatable bonds is 5. The molecule has 2 aromatic rings. The molecule has 3 N–H and O–H groups in total. The Balaban J connectivity index is 1.80. The number of hydrogen-bond donors (Lipinski definition) is 2. The molecule has 0 radical (unpaired) electrons. The third-order valence-electron chi connectivity index (χ3n) is 2.73. The molecule has 94 valence electrons. The third kappa shape index (κ3) is 3.17. The van der Waals surface area contributed by atoms with E-state index in [1.807, 2.05) is 55.5 Å². The van der Waals surface area contributed by atoms with E-state index in [9.17, 15) is 0 Å². The Morgan fingerprint density at radius 2 is 1.78 bits per heavy atom. The van der Waals surface area contributed by atoms with Crippen LogP contribution in [0.5, 0.6) is 5.75 Å². The zero-order valence-corrected chi connectivity index (χ0v) is 10.5. The summed E-state index contributed by atoms with van der Waals surface area (Å²) in [5, 5.41) is 3.25. The largest absolute Gasteiger partial charge is 0.491 e. The molecule has 2 aromatic carbocycles. The van der Waals surface area contributed by atoms with Crippen LogP contribution in [-0.2, 0) is 0 Å². The van der Waals surface area contributed by atoms with E-state index in [-0.39, 0.29) is 0 Å². The summed E-state index contributed by atoms with van der Waals surface area (Å²) in [6.07, 6.45) is 0. The molecule has 3 nitrogen and oxygen atoms in total. The monoisotopic (exact) mass is 242 g/mol. The maximum atomic E-state index is 5.83. The van der Waals surface area contributed by atoms with E-state index in [1.165, 1.54) is 0 Å². The lowest BCUT2D eigenvalue weighted by atomic mass is 10.2. The van der Waals surface area contributed by atoms with E-state index in [1.54, 1.807) is 0 Å². The van der Waals surface area contributed by atoms with Crippen molar-refractivity contribution in [2.75, 3.05) is 24.2 Å². The Kier molecular flexibility index (Phi) is 4.07. The summed E-state index contributed by atoms with van der Waals surface area (Å²) in [7, 11) is 0. The van der Waals surface area contributed by atoms with Crippen LogP contribution in [0, 0.1) is 6.92 Å². The minimum absolute atomic E-state index is 0.610. The number of anilines is 2. The van der Waals surface area contributed by atoms with Gasteiger partial charge in [-0.25, -0.2) is 0 Å². The summed E-state index contributed by atoms with van der Waals surface area (Å²) >= 11 is 0. The molecule has 3 heteroatoms. The molecule has 0 bridgehead atoms. The van der Waals surface area contributed by atoms with Crippen molar-refractivity contribution in [2.45, 2.75) is 6.92 Å². The van der Waals surface area contributed by atoms with Crippen LogP contribution < -0.4 is 15.8 Å². The fraction of sp³-hybridized carbons (Fsp3) is 0.200. The Bertz CT molecular complexity index is 464. The van der Waals surface area contributed by atoms with Crippen molar-refractivity contribution in [1.29, 1.82) is 0 Å². The summed E-state index contributed by atoms with van der Waals surface area (Å²) in [4.78, 5) is 0. The molecule has 0 fully saturated rings. The summed E-state index contributed by atoms with van der Waals surface area (Å²) in [6.45, 7) is 3.37. The third-order valence-corrected chi connectivity index (χ3v) is 2.73. The Labute approximate surface area is 108 Å². The lowest BCUT2D eigenvalue weighted by Crippen LogP contribution is -2.12. The van der Waals surface area contributed by atoms with Gasteiger partial charge in [-0.2, -0.15) is 0 Å². The molecule has 18 heavy (non-hydrogen) atoms. The van der Waals surface area contributed by atoms with Gasteiger partial charge in [0.05, 0.1) is 11.4 Å². The minimum atomic E-state index is 0.610. The van der Waals surface area contributed by atoms with Gasteiger partial charge >= 0.3 is 0 Å². The van der Waals surface area contributed by atoms with Crippen LogP contribution in [0.25, 0.3) is 0 Å². The highest BCUT2D eigenvalue weighted by atomic mass is 16.5. The normalized spacial score (nSPS) is 10.1. The summed E-state index contributed by atoms with van der Waals surface area (Å²) in [5.74, 6) is 0.931. The number of nitrogens with two attached hydrogens (primary N) is 1. The Morgan fingerprint density at radius 3 is 2.56 bits per heavy atom. The van der Waals surface area contributed by atoms with Gasteiger partial charge in [0.1, 0.15) is 12.4 Å². The first-order valence-electron chi connectivity index (χ1n) is 6.04. The van der Waals surface area contributed by atoms with Gasteiger partial charge in [-0.05, 0) is 30.7 Å². The molecule has 0 saturated carbocycles. The van der Waals surface area contributed by atoms with Gasteiger partial charge in [-0.15, -0.1) is 0 Å². The topological polar surface area (TPSA) is 47.3 Å². The second kappa shape index (κ2) is 5.96. The fourth-order valence-electron chi connectivity index (χ4n) is 1.72. The van der Waals surface area contributed by atoms with Crippen molar-refractivity contribution >= 4 is 11.4 Å². The van der Waals surface area contributed by atoms with Gasteiger partial charge in [0.2, 0.25) is 0 Å². The summed E-state index contributed by atoms with van der Waals surface area (Å²) in [5.41, 5.74) is 8.69. The number of nitrogens with one attached hydrogen (secondary N) is 1. The van der Waals surface area contributed by atoms with Crippen molar-refractivity contribution in [2.24, 2.45) is 0 Å². The number of hydrogen-bond acceptors (Lipinski definition) is 3. The average molecular weight is 242 g/mol. The van der Waals surface area contributed by atoms with Gasteiger partial charge < -0.3 is 15.8 Å². The maximum Gasteiger partial charge on any atom is 0.122 e. The number of ether oxygens (including phenoxy) is 1. The summed E-state index contributed by atoms with van der Waals surface area (Å²) in [6, 6.07) is 15.7. The molecule has 0 amide bonds. The van der Waals surface area contributed by atoms with Crippen LogP contribution in [0.3, 0.4) is 0 Å². The minimum Gasteiger partial charge on any atom is -0.491 e. The summed E-state index contributed by atoms with van der Waals surface area (Å²) < 4.78 is 5.70. The van der Waals surface area contributed by atoms with Crippen LogP contribution in [0.1, 0.15) is 5.56 Å². The first-order chi connectivity index (χ1) is 8.77. The number of benzene rings is 2. The quantitative estimate of drug-likeness (QED) is 0.625. The van der Waals surface area contributed by atoms with Crippen molar-refractivity contribution in [3.8, 4) is 5.75 Å². The SMILES string of the molecule is Cc1ccccc1OCCNc1ccccc1N.